The standard InChI is InChI=1S/C13H17F2NO/c14-11-3-1-4-12(15)10(11)9-13(16)5-2-7-17-8-6-13/h1,3-4H,2,5-9,16H2. The van der Waals surface area contributed by atoms with Gasteiger partial charge in [0.1, 0.15) is 11.6 Å². The summed E-state index contributed by atoms with van der Waals surface area (Å²) in [6, 6.07) is 3.91. The summed E-state index contributed by atoms with van der Waals surface area (Å²) in [5.74, 6) is -1.03. The molecule has 2 nitrogen and oxygen atoms in total. The number of hydrogen-bond acceptors (Lipinski definition) is 2. The first-order valence-electron chi connectivity index (χ1n) is 5.90. The zero-order chi connectivity index (χ0) is 12.3. The molecule has 2 N–H and O–H groups in total. The van der Waals surface area contributed by atoms with Crippen LogP contribution in [0.3, 0.4) is 0 Å². The number of halogens is 2. The van der Waals surface area contributed by atoms with Gasteiger partial charge in [0.2, 0.25) is 0 Å². The maximum Gasteiger partial charge on any atom is 0.129 e. The molecule has 1 aromatic carbocycles. The van der Waals surface area contributed by atoms with Gasteiger partial charge in [-0.3, -0.25) is 0 Å². The predicted octanol–water partition coefficient (Wildman–Crippen LogP) is 2.41. The molecular formula is C13H17F2NO. The summed E-state index contributed by atoms with van der Waals surface area (Å²) < 4.78 is 32.4. The summed E-state index contributed by atoms with van der Waals surface area (Å²) in [4.78, 5) is 0. The summed E-state index contributed by atoms with van der Waals surface area (Å²) in [5, 5.41) is 0. The molecule has 17 heavy (non-hydrogen) atoms. The van der Waals surface area contributed by atoms with Crippen LogP contribution in [0.4, 0.5) is 8.78 Å². The minimum atomic E-state index is -0.556. The zero-order valence-electron chi connectivity index (χ0n) is 9.72. The number of rotatable bonds is 2. The van der Waals surface area contributed by atoms with Crippen molar-refractivity contribution in [3.63, 3.8) is 0 Å². The lowest BCUT2D eigenvalue weighted by atomic mass is 9.85. The maximum atomic E-state index is 13.6. The Bertz CT molecular complexity index is 367. The Morgan fingerprint density at radius 3 is 2.59 bits per heavy atom. The van der Waals surface area contributed by atoms with Crippen LogP contribution < -0.4 is 5.73 Å². The van der Waals surface area contributed by atoms with Crippen LogP contribution >= 0.6 is 0 Å². The third-order valence-corrected chi connectivity index (χ3v) is 3.30. The molecule has 4 heteroatoms. The minimum absolute atomic E-state index is 0.0944. The SMILES string of the molecule is NC1(Cc2c(F)cccc2F)CCCOCC1. The molecule has 1 aromatic rings. The highest BCUT2D eigenvalue weighted by atomic mass is 19.1. The molecule has 1 aliphatic heterocycles. The van der Waals surface area contributed by atoms with Crippen LogP contribution in [0.1, 0.15) is 24.8 Å². The van der Waals surface area contributed by atoms with E-state index in [1.807, 2.05) is 0 Å². The van der Waals surface area contributed by atoms with Gasteiger partial charge in [0.15, 0.2) is 0 Å². The van der Waals surface area contributed by atoms with Crippen molar-refractivity contribution in [1.29, 1.82) is 0 Å². The largest absolute Gasteiger partial charge is 0.381 e. The van der Waals surface area contributed by atoms with E-state index in [9.17, 15) is 8.78 Å². The average Bonchev–Trinajstić information content (AvgIpc) is 2.49. The third kappa shape index (κ3) is 3.01. The third-order valence-electron chi connectivity index (χ3n) is 3.30. The molecule has 1 fully saturated rings. The van der Waals surface area contributed by atoms with Crippen molar-refractivity contribution in [1.82, 2.24) is 0 Å². The molecular weight excluding hydrogens is 224 g/mol. The monoisotopic (exact) mass is 241 g/mol. The van der Waals surface area contributed by atoms with Gasteiger partial charge in [-0.05, 0) is 37.8 Å². The second-order valence-corrected chi connectivity index (χ2v) is 4.71. The summed E-state index contributed by atoms with van der Waals surface area (Å²) in [6.45, 7) is 1.24. The van der Waals surface area contributed by atoms with Crippen molar-refractivity contribution in [2.24, 2.45) is 5.73 Å². The molecule has 94 valence electrons. The van der Waals surface area contributed by atoms with Gasteiger partial charge in [0.25, 0.3) is 0 Å². The molecule has 0 aromatic heterocycles. The van der Waals surface area contributed by atoms with E-state index in [2.05, 4.69) is 0 Å². The van der Waals surface area contributed by atoms with E-state index in [0.29, 0.717) is 19.6 Å². The van der Waals surface area contributed by atoms with Crippen LogP contribution in [0.25, 0.3) is 0 Å². The van der Waals surface area contributed by atoms with E-state index in [1.165, 1.54) is 18.2 Å². The highest BCUT2D eigenvalue weighted by Crippen LogP contribution is 2.25. The molecule has 0 radical (unpaired) electrons. The van der Waals surface area contributed by atoms with Gasteiger partial charge in [-0.2, -0.15) is 0 Å². The van der Waals surface area contributed by atoms with E-state index < -0.39 is 17.2 Å². The Kier molecular flexibility index (Phi) is 3.74. The van der Waals surface area contributed by atoms with Crippen molar-refractivity contribution in [3.05, 3.63) is 35.4 Å². The van der Waals surface area contributed by atoms with Crippen molar-refractivity contribution < 1.29 is 13.5 Å². The number of hydrogen-bond donors (Lipinski definition) is 1. The lowest BCUT2D eigenvalue weighted by molar-refractivity contribution is 0.139. The smallest absolute Gasteiger partial charge is 0.129 e. The van der Waals surface area contributed by atoms with Gasteiger partial charge in [-0.15, -0.1) is 0 Å². The topological polar surface area (TPSA) is 35.2 Å². The van der Waals surface area contributed by atoms with Gasteiger partial charge in [0.05, 0.1) is 0 Å². The Labute approximate surface area is 99.8 Å². The molecule has 1 unspecified atom stereocenters. The quantitative estimate of drug-likeness (QED) is 0.863. The van der Waals surface area contributed by atoms with Crippen molar-refractivity contribution in [3.8, 4) is 0 Å². The lowest BCUT2D eigenvalue weighted by Crippen LogP contribution is -2.42. The van der Waals surface area contributed by atoms with E-state index in [-0.39, 0.29) is 12.0 Å². The van der Waals surface area contributed by atoms with Crippen molar-refractivity contribution in [2.75, 3.05) is 13.2 Å². The minimum Gasteiger partial charge on any atom is -0.381 e. The molecule has 0 aliphatic carbocycles. The highest BCUT2D eigenvalue weighted by molar-refractivity contribution is 5.22. The number of ether oxygens (including phenoxy) is 1. The normalized spacial score (nSPS) is 25.6. The van der Waals surface area contributed by atoms with Gasteiger partial charge in [-0.25, -0.2) is 8.78 Å². The average molecular weight is 241 g/mol. The molecule has 0 saturated carbocycles. The highest BCUT2D eigenvalue weighted by Gasteiger charge is 2.29. The fourth-order valence-electron chi connectivity index (χ4n) is 2.26. The summed E-state index contributed by atoms with van der Waals surface area (Å²) in [6.07, 6.45) is 2.45. The van der Waals surface area contributed by atoms with Gasteiger partial charge in [-0.1, -0.05) is 6.07 Å². The molecule has 2 rings (SSSR count). The maximum absolute atomic E-state index is 13.6. The number of benzene rings is 1. The van der Waals surface area contributed by atoms with Crippen LogP contribution in [0.15, 0.2) is 18.2 Å². The Morgan fingerprint density at radius 1 is 1.18 bits per heavy atom. The molecule has 1 heterocycles. The molecule has 0 spiro atoms. The molecule has 0 amide bonds. The van der Waals surface area contributed by atoms with Crippen molar-refractivity contribution in [2.45, 2.75) is 31.2 Å². The van der Waals surface area contributed by atoms with Gasteiger partial charge in [0, 0.05) is 24.3 Å². The Balaban J connectivity index is 2.18. The molecule has 1 atom stereocenters. The summed E-state index contributed by atoms with van der Waals surface area (Å²) in [5.41, 5.74) is 5.75. The summed E-state index contributed by atoms with van der Waals surface area (Å²) in [7, 11) is 0. The zero-order valence-corrected chi connectivity index (χ0v) is 9.72. The van der Waals surface area contributed by atoms with Crippen LogP contribution in [0.5, 0.6) is 0 Å². The van der Waals surface area contributed by atoms with E-state index in [0.717, 1.165) is 12.8 Å². The number of nitrogens with two attached hydrogens (primary N) is 1. The fourth-order valence-corrected chi connectivity index (χ4v) is 2.26. The lowest BCUT2D eigenvalue weighted by Gasteiger charge is -2.27. The van der Waals surface area contributed by atoms with Crippen LogP contribution in [-0.4, -0.2) is 18.8 Å². The second kappa shape index (κ2) is 5.10. The van der Waals surface area contributed by atoms with Gasteiger partial charge < -0.3 is 10.5 Å². The molecule has 0 bridgehead atoms. The fraction of sp³-hybridized carbons (Fsp3) is 0.538. The Morgan fingerprint density at radius 2 is 1.88 bits per heavy atom. The van der Waals surface area contributed by atoms with E-state index in [1.54, 1.807) is 0 Å². The van der Waals surface area contributed by atoms with Crippen LogP contribution in [0.2, 0.25) is 0 Å². The molecule has 1 saturated heterocycles. The van der Waals surface area contributed by atoms with Crippen LogP contribution in [0, 0.1) is 11.6 Å². The summed E-state index contributed by atoms with van der Waals surface area (Å²) >= 11 is 0. The predicted molar refractivity (Wildman–Crippen MR) is 61.7 cm³/mol. The van der Waals surface area contributed by atoms with Crippen LogP contribution in [-0.2, 0) is 11.2 Å². The Hall–Kier alpha value is -1.00. The van der Waals surface area contributed by atoms with Gasteiger partial charge >= 0.3 is 0 Å². The second-order valence-electron chi connectivity index (χ2n) is 4.71. The molecule has 1 aliphatic rings. The van der Waals surface area contributed by atoms with Crippen molar-refractivity contribution >= 4 is 0 Å². The first-order chi connectivity index (χ1) is 8.11. The first-order valence-corrected chi connectivity index (χ1v) is 5.90. The van der Waals surface area contributed by atoms with E-state index in [4.69, 9.17) is 10.5 Å². The van der Waals surface area contributed by atoms with E-state index >= 15 is 0 Å². The first kappa shape index (κ1) is 12.5.